The highest BCUT2D eigenvalue weighted by molar-refractivity contribution is 6.39. The molecule has 10 heteroatoms. The molecule has 0 radical (unpaired) electrons. The summed E-state index contributed by atoms with van der Waals surface area (Å²) in [6.45, 7) is 1.62. The molecule has 1 saturated heterocycles. The summed E-state index contributed by atoms with van der Waals surface area (Å²) in [6.07, 6.45) is 1.29. The predicted molar refractivity (Wildman–Crippen MR) is 110 cm³/mol. The van der Waals surface area contributed by atoms with E-state index in [1.807, 2.05) is 6.92 Å². The maximum Gasteiger partial charge on any atom is 0.335 e. The van der Waals surface area contributed by atoms with E-state index in [4.69, 9.17) is 14.2 Å². The summed E-state index contributed by atoms with van der Waals surface area (Å²) in [6, 6.07) is 9.78. The molecule has 1 fully saturated rings. The van der Waals surface area contributed by atoms with E-state index in [0.717, 1.165) is 4.90 Å². The molecule has 0 aliphatic carbocycles. The van der Waals surface area contributed by atoms with Gasteiger partial charge in [0, 0.05) is 0 Å². The number of urea groups is 1. The standard InChI is InChI=1S/C22H20N2O8/c1-3-31-15-7-5-14(6-8-15)24-21(28)16(20(27)23-22(24)29)10-13-4-9-17(18(11-13)30-2)32-12-19(25)26/h4-11H,3,12H2,1-2H3,(H,25,26)(H,23,27,29)/p-1/b16-10+. The number of carbonyl (C=O) groups excluding carboxylic acids is 4. The van der Waals surface area contributed by atoms with Crippen molar-refractivity contribution in [3.63, 3.8) is 0 Å². The van der Waals surface area contributed by atoms with Gasteiger partial charge in [0.05, 0.1) is 25.4 Å². The second kappa shape index (κ2) is 9.65. The first-order chi connectivity index (χ1) is 15.3. The van der Waals surface area contributed by atoms with Crippen LogP contribution in [0, 0.1) is 0 Å². The van der Waals surface area contributed by atoms with Gasteiger partial charge in [-0.2, -0.15) is 0 Å². The number of carbonyl (C=O) groups is 4. The van der Waals surface area contributed by atoms with Gasteiger partial charge in [0.25, 0.3) is 11.8 Å². The lowest BCUT2D eigenvalue weighted by Crippen LogP contribution is -2.54. The summed E-state index contributed by atoms with van der Waals surface area (Å²) in [5.74, 6) is -2.16. The molecule has 166 valence electrons. The van der Waals surface area contributed by atoms with Crippen LogP contribution >= 0.6 is 0 Å². The Morgan fingerprint density at radius 3 is 2.41 bits per heavy atom. The number of carboxylic acids is 1. The molecule has 1 N–H and O–H groups in total. The van der Waals surface area contributed by atoms with Crippen LogP contribution in [0.4, 0.5) is 10.5 Å². The van der Waals surface area contributed by atoms with Crippen molar-refractivity contribution in [1.29, 1.82) is 0 Å². The Balaban J connectivity index is 1.90. The number of nitrogens with one attached hydrogen (secondary N) is 1. The zero-order valence-electron chi connectivity index (χ0n) is 17.2. The first-order valence-corrected chi connectivity index (χ1v) is 9.49. The molecule has 0 spiro atoms. The third kappa shape index (κ3) is 4.86. The fourth-order valence-corrected chi connectivity index (χ4v) is 2.95. The highest BCUT2D eigenvalue weighted by atomic mass is 16.5. The zero-order chi connectivity index (χ0) is 23.3. The van der Waals surface area contributed by atoms with Crippen molar-refractivity contribution in [3.8, 4) is 17.2 Å². The Hall–Kier alpha value is -4.34. The van der Waals surface area contributed by atoms with Crippen molar-refractivity contribution in [3.05, 3.63) is 53.6 Å². The molecular weight excluding hydrogens is 420 g/mol. The van der Waals surface area contributed by atoms with Crippen molar-refractivity contribution in [2.45, 2.75) is 6.92 Å². The molecule has 4 amide bonds. The summed E-state index contributed by atoms with van der Waals surface area (Å²) in [4.78, 5) is 49.1. The number of barbiturate groups is 1. The van der Waals surface area contributed by atoms with E-state index in [9.17, 15) is 24.3 Å². The molecule has 1 aliphatic rings. The topological polar surface area (TPSA) is 134 Å². The molecule has 3 rings (SSSR count). The predicted octanol–water partition coefficient (Wildman–Crippen LogP) is 0.889. The molecule has 1 aliphatic heterocycles. The Morgan fingerprint density at radius 2 is 1.78 bits per heavy atom. The number of ether oxygens (including phenoxy) is 3. The molecule has 2 aromatic rings. The van der Waals surface area contributed by atoms with E-state index in [-0.39, 0.29) is 22.8 Å². The van der Waals surface area contributed by atoms with Crippen LogP contribution in [0.3, 0.4) is 0 Å². The fraction of sp³-hybridized carbons (Fsp3) is 0.182. The number of benzene rings is 2. The Labute approximate surface area is 183 Å². The SMILES string of the molecule is CCOc1ccc(N2C(=O)NC(=O)/C(=C\c3ccc(OCC(=O)[O-])c(OC)c3)C2=O)cc1. The fourth-order valence-electron chi connectivity index (χ4n) is 2.95. The molecule has 0 bridgehead atoms. The van der Waals surface area contributed by atoms with E-state index in [1.165, 1.54) is 43.5 Å². The highest BCUT2D eigenvalue weighted by Gasteiger charge is 2.36. The summed E-state index contributed by atoms with van der Waals surface area (Å²) < 4.78 is 15.6. The average molecular weight is 439 g/mol. The van der Waals surface area contributed by atoms with Crippen molar-refractivity contribution in [2.75, 3.05) is 25.2 Å². The number of hydrogen-bond donors (Lipinski definition) is 1. The van der Waals surface area contributed by atoms with Gasteiger partial charge in [0.1, 0.15) is 17.9 Å². The van der Waals surface area contributed by atoms with Gasteiger partial charge in [0.15, 0.2) is 11.5 Å². The second-order valence-electron chi connectivity index (χ2n) is 6.46. The number of methoxy groups -OCH3 is 1. The number of hydrogen-bond acceptors (Lipinski definition) is 8. The third-order valence-corrected chi connectivity index (χ3v) is 4.35. The van der Waals surface area contributed by atoms with Crippen molar-refractivity contribution in [1.82, 2.24) is 5.32 Å². The number of amides is 4. The highest BCUT2D eigenvalue weighted by Crippen LogP contribution is 2.30. The smallest absolute Gasteiger partial charge is 0.335 e. The van der Waals surface area contributed by atoms with Crippen LogP contribution in [-0.2, 0) is 14.4 Å². The molecule has 0 saturated carbocycles. The molecule has 1 heterocycles. The number of aliphatic carboxylic acids is 1. The van der Waals surface area contributed by atoms with Crippen molar-refractivity contribution in [2.24, 2.45) is 0 Å². The minimum atomic E-state index is -1.40. The normalized spacial score (nSPS) is 14.9. The maximum absolute atomic E-state index is 13.0. The summed E-state index contributed by atoms with van der Waals surface area (Å²) in [5, 5.41) is 12.7. The summed E-state index contributed by atoms with van der Waals surface area (Å²) in [7, 11) is 1.35. The van der Waals surface area contributed by atoms with Crippen LogP contribution in [0.2, 0.25) is 0 Å². The van der Waals surface area contributed by atoms with E-state index >= 15 is 0 Å². The van der Waals surface area contributed by atoms with E-state index in [1.54, 1.807) is 12.1 Å². The minimum Gasteiger partial charge on any atom is -0.546 e. The Kier molecular flexibility index (Phi) is 6.74. The van der Waals surface area contributed by atoms with Crippen LogP contribution < -0.4 is 29.5 Å². The van der Waals surface area contributed by atoms with Crippen molar-refractivity contribution < 1.29 is 38.5 Å². The first kappa shape index (κ1) is 22.3. The van der Waals surface area contributed by atoms with Crippen LogP contribution in [0.25, 0.3) is 6.08 Å². The second-order valence-corrected chi connectivity index (χ2v) is 6.46. The number of imide groups is 2. The van der Waals surface area contributed by atoms with E-state index < -0.39 is 30.4 Å². The van der Waals surface area contributed by atoms with Gasteiger partial charge in [-0.3, -0.25) is 14.9 Å². The summed E-state index contributed by atoms with van der Waals surface area (Å²) >= 11 is 0. The molecule has 0 atom stereocenters. The Bertz CT molecular complexity index is 1090. The molecule has 32 heavy (non-hydrogen) atoms. The lowest BCUT2D eigenvalue weighted by Gasteiger charge is -2.26. The lowest BCUT2D eigenvalue weighted by atomic mass is 10.1. The molecule has 0 aromatic heterocycles. The number of carboxylic acid groups (broad SMARTS) is 1. The Morgan fingerprint density at radius 1 is 1.06 bits per heavy atom. The van der Waals surface area contributed by atoms with E-state index in [2.05, 4.69) is 5.32 Å². The largest absolute Gasteiger partial charge is 0.546 e. The van der Waals surface area contributed by atoms with Crippen LogP contribution in [0.15, 0.2) is 48.0 Å². The van der Waals surface area contributed by atoms with Crippen LogP contribution in [-0.4, -0.2) is 44.1 Å². The average Bonchev–Trinajstić information content (AvgIpc) is 2.76. The lowest BCUT2D eigenvalue weighted by molar-refractivity contribution is -0.307. The maximum atomic E-state index is 13.0. The molecular formula is C22H19N2O8-. The van der Waals surface area contributed by atoms with E-state index in [0.29, 0.717) is 17.9 Å². The van der Waals surface area contributed by atoms with Crippen molar-refractivity contribution >= 4 is 35.6 Å². The van der Waals surface area contributed by atoms with Gasteiger partial charge >= 0.3 is 6.03 Å². The van der Waals surface area contributed by atoms with Gasteiger partial charge < -0.3 is 24.1 Å². The quantitative estimate of drug-likeness (QED) is 0.473. The molecule has 0 unspecified atom stereocenters. The minimum absolute atomic E-state index is 0.143. The number of anilines is 1. The zero-order valence-corrected chi connectivity index (χ0v) is 17.2. The first-order valence-electron chi connectivity index (χ1n) is 9.49. The summed E-state index contributed by atoms with van der Waals surface area (Å²) in [5.41, 5.74) is 0.379. The van der Waals surface area contributed by atoms with Gasteiger partial charge in [-0.15, -0.1) is 0 Å². The third-order valence-electron chi connectivity index (χ3n) is 4.35. The van der Waals surface area contributed by atoms with Crippen LogP contribution in [0.5, 0.6) is 17.2 Å². The molecule has 2 aromatic carbocycles. The molecule has 10 nitrogen and oxygen atoms in total. The number of rotatable bonds is 8. The van der Waals surface area contributed by atoms with Crippen LogP contribution in [0.1, 0.15) is 12.5 Å². The van der Waals surface area contributed by atoms with Gasteiger partial charge in [0.2, 0.25) is 0 Å². The monoisotopic (exact) mass is 439 g/mol. The number of nitrogens with zero attached hydrogens (tertiary/aromatic N) is 1. The van der Waals surface area contributed by atoms with Gasteiger partial charge in [-0.25, -0.2) is 9.69 Å². The van der Waals surface area contributed by atoms with Gasteiger partial charge in [-0.1, -0.05) is 6.07 Å². The van der Waals surface area contributed by atoms with Gasteiger partial charge in [-0.05, 0) is 55.0 Å².